The summed E-state index contributed by atoms with van der Waals surface area (Å²) in [4.78, 5) is 25.3. The fourth-order valence-electron chi connectivity index (χ4n) is 3.24. The molecule has 0 aliphatic rings. The third kappa shape index (κ3) is 2.82. The molecule has 142 valence electrons. The van der Waals surface area contributed by atoms with Crippen molar-refractivity contribution >= 4 is 34.3 Å². The average molecular weight is 396 g/mol. The Hall–Kier alpha value is -3.25. The number of halogens is 1. The van der Waals surface area contributed by atoms with E-state index in [2.05, 4.69) is 5.32 Å². The van der Waals surface area contributed by atoms with Crippen LogP contribution < -0.4 is 16.6 Å². The zero-order valence-corrected chi connectivity index (χ0v) is 16.4. The highest BCUT2D eigenvalue weighted by Gasteiger charge is 2.23. The van der Waals surface area contributed by atoms with Crippen molar-refractivity contribution in [3.05, 3.63) is 80.0 Å². The van der Waals surface area contributed by atoms with Gasteiger partial charge in [-0.1, -0.05) is 41.9 Å². The van der Waals surface area contributed by atoms with Crippen LogP contribution >= 0.6 is 11.6 Å². The van der Waals surface area contributed by atoms with Gasteiger partial charge >= 0.3 is 5.69 Å². The van der Waals surface area contributed by atoms with Crippen LogP contribution in [0, 0.1) is 6.92 Å². The molecule has 2 aromatic carbocycles. The fraction of sp³-hybridized carbons (Fsp3) is 0.143. The van der Waals surface area contributed by atoms with E-state index in [0.29, 0.717) is 21.9 Å². The summed E-state index contributed by atoms with van der Waals surface area (Å²) in [6, 6.07) is 14.9. The number of nitrogens with one attached hydrogen (secondary N) is 1. The number of furan rings is 1. The maximum absolute atomic E-state index is 12.9. The van der Waals surface area contributed by atoms with E-state index >= 15 is 0 Å². The quantitative estimate of drug-likeness (QED) is 0.564. The van der Waals surface area contributed by atoms with Crippen LogP contribution in [0.15, 0.2) is 62.5 Å². The molecule has 4 rings (SSSR count). The van der Waals surface area contributed by atoms with Crippen molar-refractivity contribution in [2.45, 2.75) is 6.92 Å². The van der Waals surface area contributed by atoms with E-state index in [1.54, 1.807) is 19.2 Å². The van der Waals surface area contributed by atoms with Gasteiger partial charge in [-0.25, -0.2) is 4.79 Å². The van der Waals surface area contributed by atoms with Gasteiger partial charge in [-0.15, -0.1) is 0 Å². The third-order valence-electron chi connectivity index (χ3n) is 4.81. The van der Waals surface area contributed by atoms with E-state index in [9.17, 15) is 9.59 Å². The van der Waals surface area contributed by atoms with Gasteiger partial charge < -0.3 is 9.73 Å². The molecule has 7 heteroatoms. The summed E-state index contributed by atoms with van der Waals surface area (Å²) in [5.41, 5.74) is 2.57. The van der Waals surface area contributed by atoms with Crippen molar-refractivity contribution in [1.29, 1.82) is 0 Å². The highest BCUT2D eigenvalue weighted by Crippen LogP contribution is 2.38. The predicted molar refractivity (Wildman–Crippen MR) is 112 cm³/mol. The highest BCUT2D eigenvalue weighted by molar-refractivity contribution is 6.30. The van der Waals surface area contributed by atoms with Crippen molar-refractivity contribution < 1.29 is 4.42 Å². The van der Waals surface area contributed by atoms with Gasteiger partial charge in [0.1, 0.15) is 5.39 Å². The van der Waals surface area contributed by atoms with Crippen LogP contribution in [0.25, 0.3) is 22.2 Å². The summed E-state index contributed by atoms with van der Waals surface area (Å²) in [6.07, 6.45) is 0. The number of para-hydroxylation sites is 1. The van der Waals surface area contributed by atoms with Crippen molar-refractivity contribution in [3.8, 4) is 11.1 Å². The van der Waals surface area contributed by atoms with E-state index < -0.39 is 11.2 Å². The molecule has 0 radical (unpaired) electrons. The van der Waals surface area contributed by atoms with Crippen molar-refractivity contribution in [2.75, 3.05) is 5.32 Å². The number of aromatic nitrogens is 2. The van der Waals surface area contributed by atoms with Crippen molar-refractivity contribution in [1.82, 2.24) is 9.13 Å². The van der Waals surface area contributed by atoms with Gasteiger partial charge in [0.15, 0.2) is 0 Å². The van der Waals surface area contributed by atoms with Gasteiger partial charge in [-0.2, -0.15) is 0 Å². The predicted octanol–water partition coefficient (Wildman–Crippen LogP) is 4.20. The Morgan fingerprint density at radius 3 is 2.32 bits per heavy atom. The summed E-state index contributed by atoms with van der Waals surface area (Å²) >= 11 is 6.03. The molecule has 0 saturated carbocycles. The molecule has 0 aliphatic heterocycles. The first-order valence-electron chi connectivity index (χ1n) is 8.69. The molecule has 28 heavy (non-hydrogen) atoms. The summed E-state index contributed by atoms with van der Waals surface area (Å²) in [5, 5.41) is 4.20. The molecule has 1 N–H and O–H groups in total. The number of benzene rings is 2. The second kappa shape index (κ2) is 6.73. The van der Waals surface area contributed by atoms with Gasteiger partial charge in [-0.3, -0.25) is 13.9 Å². The van der Waals surface area contributed by atoms with E-state index in [-0.39, 0.29) is 5.71 Å². The first-order valence-corrected chi connectivity index (χ1v) is 9.07. The number of fused-ring (bicyclic) bond motifs is 1. The summed E-state index contributed by atoms with van der Waals surface area (Å²) < 4.78 is 8.41. The van der Waals surface area contributed by atoms with Crippen LogP contribution in [0.4, 0.5) is 11.6 Å². The zero-order valence-electron chi connectivity index (χ0n) is 15.6. The molecule has 6 nitrogen and oxygen atoms in total. The molecular formula is C21H18ClN3O3. The number of rotatable bonds is 3. The molecular weight excluding hydrogens is 378 g/mol. The second-order valence-electron chi connectivity index (χ2n) is 6.64. The lowest BCUT2D eigenvalue weighted by Gasteiger charge is -2.09. The van der Waals surface area contributed by atoms with Gasteiger partial charge in [0, 0.05) is 24.8 Å². The largest absolute Gasteiger partial charge is 0.423 e. The Labute approximate surface area is 165 Å². The van der Waals surface area contributed by atoms with Crippen LogP contribution in [0.1, 0.15) is 5.56 Å². The Morgan fingerprint density at radius 2 is 1.64 bits per heavy atom. The van der Waals surface area contributed by atoms with E-state index in [1.807, 2.05) is 43.3 Å². The minimum Gasteiger partial charge on any atom is -0.423 e. The summed E-state index contributed by atoms with van der Waals surface area (Å²) in [6.45, 7) is 1.97. The van der Waals surface area contributed by atoms with Gasteiger partial charge in [0.2, 0.25) is 11.6 Å². The monoisotopic (exact) mass is 395 g/mol. The molecule has 0 fully saturated rings. The Kier molecular flexibility index (Phi) is 4.35. The lowest BCUT2D eigenvalue weighted by molar-refractivity contribution is 0.577. The number of hydrogen-bond donors (Lipinski definition) is 1. The molecule has 0 spiro atoms. The molecule has 4 aromatic rings. The maximum atomic E-state index is 12.9. The minimum atomic E-state index is -0.448. The Balaban J connectivity index is 2.08. The topological polar surface area (TPSA) is 69.2 Å². The SMILES string of the molecule is Cc1ccccc1Nc1oc2c(c1-c1ccc(Cl)cc1)c(=O)n(C)c(=O)n2C. The van der Waals surface area contributed by atoms with Crippen LogP contribution in [-0.4, -0.2) is 9.13 Å². The molecule has 0 atom stereocenters. The Morgan fingerprint density at radius 1 is 0.964 bits per heavy atom. The molecule has 0 aliphatic carbocycles. The van der Waals surface area contributed by atoms with Gasteiger partial charge in [-0.05, 0) is 36.2 Å². The smallest absolute Gasteiger partial charge is 0.333 e. The molecule has 0 saturated heterocycles. The minimum absolute atomic E-state index is 0.217. The number of nitrogens with zero attached hydrogens (tertiary/aromatic N) is 2. The summed E-state index contributed by atoms with van der Waals surface area (Å²) in [7, 11) is 3.04. The van der Waals surface area contributed by atoms with Crippen LogP contribution in [-0.2, 0) is 14.1 Å². The second-order valence-corrected chi connectivity index (χ2v) is 7.08. The first-order chi connectivity index (χ1) is 13.4. The van der Waals surface area contributed by atoms with Gasteiger partial charge in [0.05, 0.1) is 5.56 Å². The molecule has 2 heterocycles. The standard InChI is InChI=1S/C21H18ClN3O3/c1-12-6-4-5-7-15(12)23-18-16(13-8-10-14(22)11-9-13)17-19(26)24(2)21(27)25(3)20(17)28-18/h4-11,23H,1-3H3. The van der Waals surface area contributed by atoms with E-state index in [1.165, 1.54) is 11.6 Å². The van der Waals surface area contributed by atoms with Crippen LogP contribution in [0.3, 0.4) is 0 Å². The Bertz CT molecular complexity index is 1310. The number of aryl methyl sites for hydroxylation is 2. The first kappa shape index (κ1) is 18.1. The van der Waals surface area contributed by atoms with Gasteiger partial charge in [0.25, 0.3) is 5.56 Å². The van der Waals surface area contributed by atoms with Crippen LogP contribution in [0.5, 0.6) is 0 Å². The van der Waals surface area contributed by atoms with E-state index in [0.717, 1.165) is 21.4 Å². The fourth-order valence-corrected chi connectivity index (χ4v) is 3.36. The van der Waals surface area contributed by atoms with Crippen LogP contribution in [0.2, 0.25) is 5.02 Å². The van der Waals surface area contributed by atoms with Crippen molar-refractivity contribution in [3.63, 3.8) is 0 Å². The number of anilines is 2. The zero-order chi connectivity index (χ0) is 20.0. The van der Waals surface area contributed by atoms with E-state index in [4.69, 9.17) is 16.0 Å². The summed E-state index contributed by atoms with van der Waals surface area (Å²) in [5.74, 6) is 0.393. The average Bonchev–Trinajstić information content (AvgIpc) is 3.06. The molecule has 0 amide bonds. The highest BCUT2D eigenvalue weighted by atomic mass is 35.5. The molecule has 2 aromatic heterocycles. The van der Waals surface area contributed by atoms with Crippen molar-refractivity contribution in [2.24, 2.45) is 14.1 Å². The number of hydrogen-bond acceptors (Lipinski definition) is 4. The molecule has 0 bridgehead atoms. The lowest BCUT2D eigenvalue weighted by Crippen LogP contribution is -2.36. The molecule has 0 unspecified atom stereocenters. The maximum Gasteiger partial charge on any atom is 0.333 e. The lowest BCUT2D eigenvalue weighted by atomic mass is 10.1. The third-order valence-corrected chi connectivity index (χ3v) is 5.06. The normalized spacial score (nSPS) is 11.1.